The molecule has 0 unspecified atom stereocenters. The number of nitrogens with zero attached hydrogens (tertiary/aromatic N) is 1. The van der Waals surface area contributed by atoms with Gasteiger partial charge >= 0.3 is 5.97 Å². The fourth-order valence-electron chi connectivity index (χ4n) is 0.984. The van der Waals surface area contributed by atoms with Gasteiger partial charge in [-0.05, 0) is 42.8 Å². The molecule has 0 aliphatic rings. The molecule has 0 amide bonds. The van der Waals surface area contributed by atoms with Crippen molar-refractivity contribution in [2.45, 2.75) is 26.9 Å². The van der Waals surface area contributed by atoms with Gasteiger partial charge in [0.15, 0.2) is 0 Å². The van der Waals surface area contributed by atoms with E-state index in [9.17, 15) is 4.79 Å². The first-order valence-corrected chi connectivity index (χ1v) is 5.13. The Balaban J connectivity index is 2.96. The SMILES string of the molecule is Cc1nccc(C(=O)OC(C)C)c1Br. The van der Waals surface area contributed by atoms with Crippen LogP contribution in [0.3, 0.4) is 0 Å². The molecule has 0 saturated carbocycles. The zero-order valence-electron chi connectivity index (χ0n) is 8.37. The van der Waals surface area contributed by atoms with Crippen molar-refractivity contribution in [3.63, 3.8) is 0 Å². The van der Waals surface area contributed by atoms with Gasteiger partial charge in [-0.3, -0.25) is 4.98 Å². The van der Waals surface area contributed by atoms with Crippen LogP contribution in [-0.4, -0.2) is 17.1 Å². The van der Waals surface area contributed by atoms with Gasteiger partial charge in [0.05, 0.1) is 21.8 Å². The van der Waals surface area contributed by atoms with Crippen LogP contribution < -0.4 is 0 Å². The van der Waals surface area contributed by atoms with Gasteiger partial charge in [-0.25, -0.2) is 4.79 Å². The fraction of sp³-hybridized carbons (Fsp3) is 0.400. The van der Waals surface area contributed by atoms with Gasteiger partial charge in [0, 0.05) is 6.20 Å². The highest BCUT2D eigenvalue weighted by Crippen LogP contribution is 2.20. The minimum atomic E-state index is -0.322. The normalized spacial score (nSPS) is 10.4. The van der Waals surface area contributed by atoms with E-state index in [1.807, 2.05) is 20.8 Å². The Bertz CT molecular complexity index is 350. The van der Waals surface area contributed by atoms with Crippen molar-refractivity contribution in [2.24, 2.45) is 0 Å². The number of aromatic nitrogens is 1. The second-order valence-electron chi connectivity index (χ2n) is 3.21. The monoisotopic (exact) mass is 257 g/mol. The predicted octanol–water partition coefficient (Wildman–Crippen LogP) is 2.72. The molecule has 76 valence electrons. The van der Waals surface area contributed by atoms with Crippen LogP contribution >= 0.6 is 15.9 Å². The quantitative estimate of drug-likeness (QED) is 0.765. The molecule has 0 N–H and O–H groups in total. The zero-order chi connectivity index (χ0) is 10.7. The van der Waals surface area contributed by atoms with E-state index >= 15 is 0 Å². The lowest BCUT2D eigenvalue weighted by atomic mass is 10.2. The van der Waals surface area contributed by atoms with E-state index in [1.54, 1.807) is 12.3 Å². The van der Waals surface area contributed by atoms with Crippen LogP contribution in [0.2, 0.25) is 0 Å². The maximum Gasteiger partial charge on any atom is 0.339 e. The van der Waals surface area contributed by atoms with Crippen LogP contribution in [0.1, 0.15) is 29.9 Å². The molecule has 4 heteroatoms. The number of esters is 1. The van der Waals surface area contributed by atoms with Crippen LogP contribution in [0.5, 0.6) is 0 Å². The molecule has 1 aromatic rings. The first-order valence-electron chi connectivity index (χ1n) is 4.34. The molecular formula is C10H12BrNO2. The van der Waals surface area contributed by atoms with Crippen molar-refractivity contribution >= 4 is 21.9 Å². The van der Waals surface area contributed by atoms with Crippen LogP contribution in [0.15, 0.2) is 16.7 Å². The molecule has 1 aromatic heterocycles. The number of rotatable bonds is 2. The third-order valence-corrected chi connectivity index (χ3v) is 2.63. The van der Waals surface area contributed by atoms with Crippen LogP contribution in [0.4, 0.5) is 0 Å². The lowest BCUT2D eigenvalue weighted by Gasteiger charge is -2.09. The second kappa shape index (κ2) is 4.55. The van der Waals surface area contributed by atoms with Crippen LogP contribution in [0.25, 0.3) is 0 Å². The summed E-state index contributed by atoms with van der Waals surface area (Å²) in [6, 6.07) is 1.64. The van der Waals surface area contributed by atoms with Gasteiger partial charge < -0.3 is 4.74 Å². The number of carbonyl (C=O) groups excluding carboxylic acids is 1. The first kappa shape index (κ1) is 11.2. The summed E-state index contributed by atoms with van der Waals surface area (Å²) in [5, 5.41) is 0. The average molecular weight is 258 g/mol. The lowest BCUT2D eigenvalue weighted by Crippen LogP contribution is -2.12. The Morgan fingerprint density at radius 1 is 1.57 bits per heavy atom. The topological polar surface area (TPSA) is 39.2 Å². The summed E-state index contributed by atoms with van der Waals surface area (Å²) in [6.07, 6.45) is 1.49. The Morgan fingerprint density at radius 3 is 2.79 bits per heavy atom. The minimum absolute atomic E-state index is 0.108. The first-order chi connectivity index (χ1) is 6.52. The summed E-state index contributed by atoms with van der Waals surface area (Å²) in [5.74, 6) is -0.322. The summed E-state index contributed by atoms with van der Waals surface area (Å²) in [7, 11) is 0. The van der Waals surface area contributed by atoms with E-state index in [-0.39, 0.29) is 12.1 Å². The van der Waals surface area contributed by atoms with Crippen LogP contribution in [0, 0.1) is 6.92 Å². The molecular weight excluding hydrogens is 246 g/mol. The van der Waals surface area contributed by atoms with Gasteiger partial charge in [-0.15, -0.1) is 0 Å². The standard InChI is InChI=1S/C10H12BrNO2/c1-6(2)14-10(13)8-4-5-12-7(3)9(8)11/h4-6H,1-3H3. The summed E-state index contributed by atoms with van der Waals surface area (Å²) < 4.78 is 5.78. The molecule has 3 nitrogen and oxygen atoms in total. The molecule has 0 saturated heterocycles. The molecule has 0 aromatic carbocycles. The summed E-state index contributed by atoms with van der Waals surface area (Å²) in [6.45, 7) is 5.47. The van der Waals surface area contributed by atoms with Crippen molar-refractivity contribution < 1.29 is 9.53 Å². The molecule has 0 radical (unpaired) electrons. The van der Waals surface area contributed by atoms with Crippen molar-refractivity contribution in [1.29, 1.82) is 0 Å². The Hall–Kier alpha value is -0.900. The Labute approximate surface area is 91.6 Å². The highest BCUT2D eigenvalue weighted by Gasteiger charge is 2.14. The third-order valence-electron chi connectivity index (χ3n) is 1.63. The number of carbonyl (C=O) groups is 1. The highest BCUT2D eigenvalue weighted by molar-refractivity contribution is 9.10. The molecule has 0 aliphatic heterocycles. The summed E-state index contributed by atoms with van der Waals surface area (Å²) in [4.78, 5) is 15.6. The van der Waals surface area contributed by atoms with E-state index in [0.29, 0.717) is 10.0 Å². The molecule has 0 atom stereocenters. The van der Waals surface area contributed by atoms with Gasteiger partial charge in [0.25, 0.3) is 0 Å². The average Bonchev–Trinajstić information content (AvgIpc) is 2.08. The number of hydrogen-bond donors (Lipinski definition) is 0. The smallest absolute Gasteiger partial charge is 0.339 e. The predicted molar refractivity (Wildman–Crippen MR) is 57.2 cm³/mol. The molecule has 0 spiro atoms. The van der Waals surface area contributed by atoms with E-state index in [4.69, 9.17) is 4.74 Å². The van der Waals surface area contributed by atoms with E-state index in [0.717, 1.165) is 5.69 Å². The number of pyridine rings is 1. The van der Waals surface area contributed by atoms with Gasteiger partial charge in [-0.2, -0.15) is 0 Å². The number of aryl methyl sites for hydroxylation is 1. The number of halogens is 1. The number of ether oxygens (including phenoxy) is 1. The number of hydrogen-bond acceptors (Lipinski definition) is 3. The van der Waals surface area contributed by atoms with E-state index in [1.165, 1.54) is 0 Å². The minimum Gasteiger partial charge on any atom is -0.459 e. The van der Waals surface area contributed by atoms with Crippen molar-refractivity contribution in [3.05, 3.63) is 28.0 Å². The lowest BCUT2D eigenvalue weighted by molar-refractivity contribution is 0.0376. The van der Waals surface area contributed by atoms with E-state index < -0.39 is 0 Å². The molecule has 0 aliphatic carbocycles. The third kappa shape index (κ3) is 2.54. The summed E-state index contributed by atoms with van der Waals surface area (Å²) >= 11 is 3.31. The van der Waals surface area contributed by atoms with Crippen LogP contribution in [-0.2, 0) is 4.74 Å². The molecule has 14 heavy (non-hydrogen) atoms. The zero-order valence-corrected chi connectivity index (χ0v) is 9.96. The largest absolute Gasteiger partial charge is 0.459 e. The summed E-state index contributed by atoms with van der Waals surface area (Å²) in [5.41, 5.74) is 1.30. The Kier molecular flexibility index (Phi) is 3.63. The van der Waals surface area contributed by atoms with Crippen molar-refractivity contribution in [1.82, 2.24) is 4.98 Å². The molecule has 1 rings (SSSR count). The fourth-order valence-corrected chi connectivity index (χ4v) is 1.38. The van der Waals surface area contributed by atoms with Crippen molar-refractivity contribution in [2.75, 3.05) is 0 Å². The van der Waals surface area contributed by atoms with E-state index in [2.05, 4.69) is 20.9 Å². The Morgan fingerprint density at radius 2 is 2.21 bits per heavy atom. The maximum atomic E-state index is 11.5. The molecule has 1 heterocycles. The van der Waals surface area contributed by atoms with Crippen molar-refractivity contribution in [3.8, 4) is 0 Å². The van der Waals surface area contributed by atoms with Gasteiger partial charge in [0.1, 0.15) is 0 Å². The highest BCUT2D eigenvalue weighted by atomic mass is 79.9. The maximum absolute atomic E-state index is 11.5. The molecule has 0 fully saturated rings. The van der Waals surface area contributed by atoms with Gasteiger partial charge in [-0.1, -0.05) is 0 Å². The van der Waals surface area contributed by atoms with Gasteiger partial charge in [0.2, 0.25) is 0 Å². The molecule has 0 bridgehead atoms. The second-order valence-corrected chi connectivity index (χ2v) is 4.00.